The molecular formula is C23H28O12. The minimum atomic E-state index is -1.71. The molecule has 192 valence electrons. The Morgan fingerprint density at radius 1 is 0.971 bits per heavy atom. The number of hydrogen-bond donors (Lipinski definition) is 6. The smallest absolute Gasteiger partial charge is 0.338 e. The Morgan fingerprint density at radius 2 is 1.66 bits per heavy atom. The number of aliphatic hydroxyl groups excluding tert-OH is 5. The zero-order valence-electron chi connectivity index (χ0n) is 18.7. The summed E-state index contributed by atoms with van der Waals surface area (Å²) in [6, 6.07) is 8.10. The first-order valence-electron chi connectivity index (χ1n) is 11.1. The van der Waals surface area contributed by atoms with E-state index in [2.05, 4.69) is 0 Å². The van der Waals surface area contributed by atoms with Gasteiger partial charge in [-0.25, -0.2) is 9.59 Å². The van der Waals surface area contributed by atoms with Crippen LogP contribution < -0.4 is 0 Å². The molecule has 12 nitrogen and oxygen atoms in total. The number of carboxylic acid groups (broad SMARTS) is 1. The second-order valence-electron chi connectivity index (χ2n) is 8.90. The lowest BCUT2D eigenvalue weighted by Gasteiger charge is -2.43. The van der Waals surface area contributed by atoms with E-state index in [9.17, 15) is 40.2 Å². The summed E-state index contributed by atoms with van der Waals surface area (Å²) in [5.41, 5.74) is 0.00223. The van der Waals surface area contributed by atoms with E-state index in [1.54, 1.807) is 25.1 Å². The zero-order chi connectivity index (χ0) is 25.4. The monoisotopic (exact) mass is 496 g/mol. The maximum absolute atomic E-state index is 12.6. The van der Waals surface area contributed by atoms with Crippen molar-refractivity contribution in [2.24, 2.45) is 17.8 Å². The van der Waals surface area contributed by atoms with E-state index in [0.29, 0.717) is 0 Å². The van der Waals surface area contributed by atoms with Gasteiger partial charge in [-0.3, -0.25) is 0 Å². The van der Waals surface area contributed by atoms with Crippen LogP contribution in [0.3, 0.4) is 0 Å². The third kappa shape index (κ3) is 4.66. The van der Waals surface area contributed by atoms with Crippen LogP contribution in [0.2, 0.25) is 0 Å². The molecule has 0 spiro atoms. The summed E-state index contributed by atoms with van der Waals surface area (Å²) in [7, 11) is 0. The van der Waals surface area contributed by atoms with Gasteiger partial charge in [-0.05, 0) is 12.1 Å². The molecule has 11 atom stereocenters. The first-order chi connectivity index (χ1) is 16.6. The van der Waals surface area contributed by atoms with Crippen molar-refractivity contribution in [3.63, 3.8) is 0 Å². The van der Waals surface area contributed by atoms with Crippen LogP contribution in [0.5, 0.6) is 0 Å². The molecule has 0 amide bonds. The molecule has 4 rings (SSSR count). The second-order valence-corrected chi connectivity index (χ2v) is 8.90. The fraction of sp³-hybridized carbons (Fsp3) is 0.565. The van der Waals surface area contributed by atoms with Crippen LogP contribution in [0.4, 0.5) is 0 Å². The van der Waals surface area contributed by atoms with Crippen LogP contribution in [-0.4, -0.2) is 98.4 Å². The topological polar surface area (TPSA) is 192 Å². The number of ether oxygens (including phenoxy) is 4. The number of esters is 1. The fourth-order valence-electron chi connectivity index (χ4n) is 4.98. The van der Waals surface area contributed by atoms with Crippen molar-refractivity contribution in [2.45, 2.75) is 56.1 Å². The van der Waals surface area contributed by atoms with Crippen LogP contribution >= 0.6 is 0 Å². The quantitative estimate of drug-likeness (QED) is 0.253. The van der Waals surface area contributed by atoms with Crippen molar-refractivity contribution in [1.29, 1.82) is 0 Å². The van der Waals surface area contributed by atoms with E-state index in [4.69, 9.17) is 18.9 Å². The Morgan fingerprint density at radius 3 is 2.29 bits per heavy atom. The molecule has 1 aliphatic carbocycles. The van der Waals surface area contributed by atoms with Gasteiger partial charge in [0.1, 0.15) is 30.5 Å². The Hall–Kier alpha value is -2.58. The molecule has 1 aromatic rings. The molecule has 1 saturated carbocycles. The van der Waals surface area contributed by atoms with Crippen molar-refractivity contribution < 1.29 is 59.2 Å². The van der Waals surface area contributed by atoms with E-state index in [1.165, 1.54) is 12.1 Å². The first-order valence-corrected chi connectivity index (χ1v) is 11.1. The highest BCUT2D eigenvalue weighted by Gasteiger charge is 2.59. The van der Waals surface area contributed by atoms with Gasteiger partial charge in [0.05, 0.1) is 30.1 Å². The predicted octanol–water partition coefficient (Wildman–Crippen LogP) is -1.40. The van der Waals surface area contributed by atoms with Crippen LogP contribution in [0.25, 0.3) is 0 Å². The van der Waals surface area contributed by atoms with Crippen LogP contribution in [0, 0.1) is 17.8 Å². The number of benzene rings is 1. The Balaban J connectivity index is 1.58. The van der Waals surface area contributed by atoms with E-state index >= 15 is 0 Å². The largest absolute Gasteiger partial charge is 0.478 e. The Bertz CT molecular complexity index is 949. The summed E-state index contributed by atoms with van der Waals surface area (Å²) < 4.78 is 22.1. The third-order valence-electron chi connectivity index (χ3n) is 6.86. The second kappa shape index (κ2) is 10.2. The summed E-state index contributed by atoms with van der Waals surface area (Å²) in [6.45, 7) is 0.965. The van der Waals surface area contributed by atoms with Gasteiger partial charge in [0.25, 0.3) is 0 Å². The maximum atomic E-state index is 12.6. The number of aliphatic carboxylic acids is 1. The van der Waals surface area contributed by atoms with E-state index in [0.717, 1.165) is 6.26 Å². The average molecular weight is 496 g/mol. The Labute approximate surface area is 199 Å². The third-order valence-corrected chi connectivity index (χ3v) is 6.86. The minimum Gasteiger partial charge on any atom is -0.478 e. The summed E-state index contributed by atoms with van der Waals surface area (Å²) in [6.07, 6.45) is -10.7. The highest BCUT2D eigenvalue weighted by Crippen LogP contribution is 2.48. The molecular weight excluding hydrogens is 468 g/mol. The molecule has 0 bridgehead atoms. The molecule has 2 fully saturated rings. The molecule has 0 unspecified atom stereocenters. The maximum Gasteiger partial charge on any atom is 0.338 e. The van der Waals surface area contributed by atoms with Gasteiger partial charge >= 0.3 is 11.9 Å². The van der Waals surface area contributed by atoms with Gasteiger partial charge in [-0.2, -0.15) is 0 Å². The standard InChI is InChI=1S/C23H28O12/c1-9-13-14(16(26)19(9)34-21(31)10-5-3-2-4-6-10)11(20(29)30)8-32-22(13)35-23-18(28)17(27)15(25)12(7-24)33-23/h2-6,8-9,12-19,22-28H,7H2,1H3,(H,29,30)/t9-,12-,13+,14+,15-,16-,17+,18-,19-,22-,23+/m0/s1. The van der Waals surface area contributed by atoms with Crippen LogP contribution in [0.15, 0.2) is 42.2 Å². The van der Waals surface area contributed by atoms with Gasteiger partial charge in [-0.1, -0.05) is 25.1 Å². The van der Waals surface area contributed by atoms with E-state index < -0.39 is 85.5 Å². The molecule has 2 heterocycles. The minimum absolute atomic E-state index is 0.249. The number of carboxylic acids is 1. The van der Waals surface area contributed by atoms with Gasteiger partial charge in [0.15, 0.2) is 6.29 Å². The predicted molar refractivity (Wildman–Crippen MR) is 113 cm³/mol. The number of fused-ring (bicyclic) bond motifs is 1. The first kappa shape index (κ1) is 25.5. The molecule has 1 aromatic carbocycles. The van der Waals surface area contributed by atoms with Gasteiger partial charge < -0.3 is 49.6 Å². The molecule has 6 N–H and O–H groups in total. The van der Waals surface area contributed by atoms with Crippen molar-refractivity contribution in [3.05, 3.63) is 47.7 Å². The lowest BCUT2D eigenvalue weighted by molar-refractivity contribution is -0.343. The van der Waals surface area contributed by atoms with Crippen molar-refractivity contribution in [1.82, 2.24) is 0 Å². The summed E-state index contributed by atoms with van der Waals surface area (Å²) in [5.74, 6) is -4.62. The fourth-order valence-corrected chi connectivity index (χ4v) is 4.98. The molecule has 0 radical (unpaired) electrons. The number of hydrogen-bond acceptors (Lipinski definition) is 11. The number of carbonyl (C=O) groups is 2. The zero-order valence-corrected chi connectivity index (χ0v) is 18.7. The van der Waals surface area contributed by atoms with Gasteiger partial charge in [-0.15, -0.1) is 0 Å². The lowest BCUT2D eigenvalue weighted by Crippen LogP contribution is -2.60. The van der Waals surface area contributed by atoms with Crippen molar-refractivity contribution >= 4 is 11.9 Å². The van der Waals surface area contributed by atoms with E-state index in [-0.39, 0.29) is 11.1 Å². The van der Waals surface area contributed by atoms with Crippen molar-refractivity contribution in [3.8, 4) is 0 Å². The summed E-state index contributed by atoms with van der Waals surface area (Å²) in [4.78, 5) is 24.5. The molecule has 2 aliphatic heterocycles. The Kier molecular flexibility index (Phi) is 7.43. The van der Waals surface area contributed by atoms with Crippen molar-refractivity contribution in [2.75, 3.05) is 6.61 Å². The molecule has 0 aromatic heterocycles. The lowest BCUT2D eigenvalue weighted by atomic mass is 9.82. The molecule has 1 saturated heterocycles. The van der Waals surface area contributed by atoms with Gasteiger partial charge in [0, 0.05) is 17.8 Å². The molecule has 12 heteroatoms. The normalized spacial score (nSPS) is 40.9. The highest BCUT2D eigenvalue weighted by atomic mass is 16.8. The molecule has 35 heavy (non-hydrogen) atoms. The number of rotatable bonds is 6. The average Bonchev–Trinajstić information content (AvgIpc) is 3.10. The van der Waals surface area contributed by atoms with E-state index in [1.807, 2.05) is 0 Å². The molecule has 3 aliphatic rings. The SMILES string of the molecule is C[C@@H]1[C@H](OC(=O)c2ccccc2)[C@@H](O)[C@@H]2C(C(=O)O)=CO[C@@H](O[C@H]3O[C@@H](CO)[C@H](O)[C@@H](O)[C@@H]3O)[C@H]12. The summed E-state index contributed by atoms with van der Waals surface area (Å²) in [5, 5.41) is 60.4. The van der Waals surface area contributed by atoms with Crippen LogP contribution in [-0.2, 0) is 23.7 Å². The summed E-state index contributed by atoms with van der Waals surface area (Å²) >= 11 is 0. The highest BCUT2D eigenvalue weighted by molar-refractivity contribution is 5.89. The number of aliphatic hydroxyl groups is 5. The number of carbonyl (C=O) groups excluding carboxylic acids is 1. The van der Waals surface area contributed by atoms with Crippen LogP contribution in [0.1, 0.15) is 17.3 Å². The van der Waals surface area contributed by atoms with Gasteiger partial charge in [0.2, 0.25) is 6.29 Å².